The molecular weight excluding hydrogens is 235 g/mol. The van der Waals surface area contributed by atoms with E-state index in [-0.39, 0.29) is 5.75 Å². The minimum atomic E-state index is 0.164. The van der Waals surface area contributed by atoms with Gasteiger partial charge in [0.1, 0.15) is 0 Å². The molecule has 0 N–H and O–H groups in total. The summed E-state index contributed by atoms with van der Waals surface area (Å²) in [5, 5.41) is 14.0. The van der Waals surface area contributed by atoms with E-state index < -0.39 is 0 Å². The number of hydrogen-bond donors (Lipinski definition) is 0. The maximum atomic E-state index is 11.0. The first-order valence-corrected chi connectivity index (χ1v) is 8.81. The molecule has 0 saturated heterocycles. The monoisotopic (exact) mass is 262 g/mol. The van der Waals surface area contributed by atoms with Crippen LogP contribution in [0.25, 0.3) is 0 Å². The number of rotatable bonds is 6. The van der Waals surface area contributed by atoms with E-state index in [0.717, 1.165) is 26.3 Å². The summed E-state index contributed by atoms with van der Waals surface area (Å²) >= 11 is 0.818. The van der Waals surface area contributed by atoms with Gasteiger partial charge in [-0.25, -0.2) is 0 Å². The minimum absolute atomic E-state index is 0.164. The molecule has 2 heteroatoms. The quantitative estimate of drug-likeness (QED) is 0.546. The molecule has 1 aromatic carbocycles. The Morgan fingerprint density at radius 1 is 0.944 bits per heavy atom. The molecule has 1 rings (SSSR count). The first-order valence-electron chi connectivity index (χ1n) is 7.18. The molecule has 0 bridgehead atoms. The number of para-hydroxylation sites is 1. The van der Waals surface area contributed by atoms with Crippen LogP contribution in [0.3, 0.4) is 0 Å². The molecule has 0 unspecified atom stereocenters. The second kappa shape index (κ2) is 11.6. The van der Waals surface area contributed by atoms with Crippen molar-refractivity contribution in [3.05, 3.63) is 29.3 Å². The summed E-state index contributed by atoms with van der Waals surface area (Å²) in [5.74, 6) is 0.164. The molecule has 0 amide bonds. The van der Waals surface area contributed by atoms with Crippen LogP contribution in [0.15, 0.2) is 18.2 Å². The molecule has 18 heavy (non-hydrogen) atoms. The average Bonchev–Trinajstić information content (AvgIpc) is 2.37. The van der Waals surface area contributed by atoms with E-state index in [1.807, 2.05) is 32.0 Å². The van der Waals surface area contributed by atoms with Gasteiger partial charge in [0.25, 0.3) is 0 Å². The summed E-state index contributed by atoms with van der Waals surface area (Å²) in [6, 6.07) is 5.55. The molecule has 0 aliphatic heterocycles. The van der Waals surface area contributed by atoms with E-state index in [0.29, 0.717) is 0 Å². The fourth-order valence-corrected chi connectivity index (χ4v) is 3.32. The summed E-state index contributed by atoms with van der Waals surface area (Å²) in [5.41, 5.74) is 1.66. The van der Waals surface area contributed by atoms with Gasteiger partial charge < -0.3 is 5.11 Å². The molecular formula is C16H27AlO. The summed E-state index contributed by atoms with van der Waals surface area (Å²) in [6.07, 6.45) is 5.72. The van der Waals surface area contributed by atoms with E-state index >= 15 is 0 Å². The van der Waals surface area contributed by atoms with Crippen molar-refractivity contribution in [2.75, 3.05) is 0 Å². The van der Waals surface area contributed by atoms with Gasteiger partial charge in [0.15, 0.2) is 0 Å². The smallest absolute Gasteiger partial charge is 0.0404 e. The predicted molar refractivity (Wildman–Crippen MR) is 80.5 cm³/mol. The number of unbranched alkanes of at least 4 members (excludes halogenated alkanes) is 2. The van der Waals surface area contributed by atoms with E-state index in [2.05, 4.69) is 13.8 Å². The maximum Gasteiger partial charge on any atom is -0.0404 e. The zero-order valence-electron chi connectivity index (χ0n) is 12.5. The number of hydrogen-bond acceptors (Lipinski definition) is 1. The summed E-state index contributed by atoms with van der Waals surface area (Å²) in [4.78, 5) is 0. The molecule has 0 atom stereocenters. The predicted octanol–water partition coefficient (Wildman–Crippen LogP) is 4.50. The molecule has 1 aromatic rings. The van der Waals surface area contributed by atoms with Crippen LogP contribution >= 0.6 is 0 Å². The van der Waals surface area contributed by atoms with Crippen molar-refractivity contribution in [1.82, 2.24) is 0 Å². The molecule has 0 heterocycles. The molecule has 1 nitrogen and oxygen atoms in total. The Labute approximate surface area is 119 Å². The fourth-order valence-electron chi connectivity index (χ4n) is 1.64. The summed E-state index contributed by atoms with van der Waals surface area (Å²) < 4.78 is 0. The third kappa shape index (κ3) is 8.62. The molecule has 0 spiro atoms. The Bertz CT molecular complexity index is 284. The topological polar surface area (TPSA) is 23.1 Å². The standard InChI is InChI=1S/C8H10O.2C4H9.Al/c1-6-4-3-5-7(2)8(6)9;2*1-3-4-2;/h3-5,9H,1-2H3;2*1,3-4H2,2H3;/q;;;+1/p-1. The molecule has 0 aliphatic carbocycles. The second-order valence-corrected chi connectivity index (χ2v) is 6.53. The van der Waals surface area contributed by atoms with Gasteiger partial charge in [-0.05, 0) is 13.8 Å². The Balaban J connectivity index is 0.000000321. The molecule has 0 fully saturated rings. The first kappa shape index (κ1) is 17.6. The van der Waals surface area contributed by atoms with Crippen LogP contribution in [-0.2, 0) is 0 Å². The van der Waals surface area contributed by atoms with Gasteiger partial charge in [0.05, 0.1) is 0 Å². The van der Waals surface area contributed by atoms with Crippen LogP contribution in [0, 0.1) is 13.8 Å². The minimum Gasteiger partial charge on any atom is -0.872 e. The first-order chi connectivity index (χ1) is 8.63. The van der Waals surface area contributed by atoms with Crippen molar-refractivity contribution >= 4 is 15.2 Å². The summed E-state index contributed by atoms with van der Waals surface area (Å²) in [6.45, 7) is 8.21. The SMILES string of the molecule is CCC[CH2][Al+][CH2]CCC.Cc1cccc(C)c1[O-]. The molecule has 0 aromatic heterocycles. The zero-order chi connectivity index (χ0) is 13.8. The fraction of sp³-hybridized carbons (Fsp3) is 0.625. The Morgan fingerprint density at radius 3 is 1.72 bits per heavy atom. The number of benzene rings is 1. The van der Waals surface area contributed by atoms with Gasteiger partial charge in [-0.15, -0.1) is 5.75 Å². The normalized spacial score (nSPS) is 9.33. The van der Waals surface area contributed by atoms with Crippen molar-refractivity contribution in [2.45, 2.75) is 63.9 Å². The zero-order valence-corrected chi connectivity index (χ0v) is 13.6. The molecule has 0 aliphatic rings. The van der Waals surface area contributed by atoms with Crippen LogP contribution in [0.1, 0.15) is 50.7 Å². The average molecular weight is 262 g/mol. The third-order valence-corrected chi connectivity index (χ3v) is 4.57. The molecule has 0 saturated carbocycles. The third-order valence-electron chi connectivity index (χ3n) is 2.93. The van der Waals surface area contributed by atoms with Crippen molar-refractivity contribution < 1.29 is 5.11 Å². The maximum absolute atomic E-state index is 11.0. The van der Waals surface area contributed by atoms with Crippen LogP contribution in [0.5, 0.6) is 5.75 Å². The van der Waals surface area contributed by atoms with E-state index in [1.165, 1.54) is 36.2 Å². The van der Waals surface area contributed by atoms with Crippen molar-refractivity contribution in [2.24, 2.45) is 0 Å². The van der Waals surface area contributed by atoms with Gasteiger partial charge in [-0.2, -0.15) is 0 Å². The molecule has 100 valence electrons. The van der Waals surface area contributed by atoms with Crippen molar-refractivity contribution in [3.8, 4) is 5.75 Å². The van der Waals surface area contributed by atoms with Crippen LogP contribution in [0.2, 0.25) is 10.6 Å². The van der Waals surface area contributed by atoms with Crippen LogP contribution < -0.4 is 5.11 Å². The van der Waals surface area contributed by atoms with Gasteiger partial charge in [-0.1, -0.05) is 29.3 Å². The van der Waals surface area contributed by atoms with Crippen LogP contribution in [-0.4, -0.2) is 15.2 Å². The van der Waals surface area contributed by atoms with Crippen molar-refractivity contribution in [1.29, 1.82) is 0 Å². The van der Waals surface area contributed by atoms with Crippen LogP contribution in [0.4, 0.5) is 0 Å². The Hall–Kier alpha value is -0.448. The second-order valence-electron chi connectivity index (χ2n) is 4.79. The van der Waals surface area contributed by atoms with Gasteiger partial charge in [0.2, 0.25) is 0 Å². The Morgan fingerprint density at radius 2 is 1.39 bits per heavy atom. The van der Waals surface area contributed by atoms with E-state index in [1.54, 1.807) is 0 Å². The summed E-state index contributed by atoms with van der Waals surface area (Å²) in [7, 11) is 0. The number of aryl methyl sites for hydroxylation is 2. The Kier molecular flexibility index (Phi) is 11.3. The largest absolute Gasteiger partial charge is 0.872 e. The van der Waals surface area contributed by atoms with Crippen molar-refractivity contribution in [3.63, 3.8) is 0 Å². The van der Waals surface area contributed by atoms with Gasteiger partial charge in [-0.3, -0.25) is 0 Å². The van der Waals surface area contributed by atoms with E-state index in [4.69, 9.17) is 0 Å². The van der Waals surface area contributed by atoms with E-state index in [9.17, 15) is 5.11 Å². The van der Waals surface area contributed by atoms with Gasteiger partial charge in [0, 0.05) is 0 Å². The van der Waals surface area contributed by atoms with Gasteiger partial charge >= 0.3 is 65.3 Å². The molecule has 0 radical (unpaired) electrons.